The number of rotatable bonds is 0. The molecular weight excluding hydrogens is 388 g/mol. The molecule has 82 valence electrons. The third kappa shape index (κ3) is 0.609. The highest BCUT2D eigenvalue weighted by Gasteiger charge is 2.91. The van der Waals surface area contributed by atoms with Gasteiger partial charge < -0.3 is 5.11 Å². The fourth-order valence-corrected chi connectivity index (χ4v) is 10.4. The van der Waals surface area contributed by atoms with E-state index in [1.165, 1.54) is 6.42 Å². The third-order valence-electron chi connectivity index (χ3n) is 6.34. The molecule has 0 aromatic rings. The minimum Gasteiger partial charge on any atom is -0.388 e. The number of hydrogen-bond donors (Lipinski definition) is 1. The summed E-state index contributed by atoms with van der Waals surface area (Å²) in [6.45, 7) is 0. The summed E-state index contributed by atoms with van der Waals surface area (Å²) in [4.78, 5) is 0.363. The van der Waals surface area contributed by atoms with Crippen molar-refractivity contribution in [3.05, 3.63) is 0 Å². The molecule has 0 aliphatic heterocycles. The van der Waals surface area contributed by atoms with E-state index in [1.54, 1.807) is 0 Å². The summed E-state index contributed by atoms with van der Waals surface area (Å²) in [6, 6.07) is 0. The van der Waals surface area contributed by atoms with E-state index in [9.17, 15) is 5.11 Å². The molecule has 0 heterocycles. The van der Waals surface area contributed by atoms with Gasteiger partial charge >= 0.3 is 0 Å². The van der Waals surface area contributed by atoms with Crippen LogP contribution in [0.15, 0.2) is 0 Å². The Morgan fingerprint density at radius 2 is 1.73 bits per heavy atom. The minimum absolute atomic E-state index is 0.0424. The van der Waals surface area contributed by atoms with Crippen molar-refractivity contribution < 1.29 is 5.11 Å². The fourth-order valence-electron chi connectivity index (χ4n) is 6.49. The zero-order valence-corrected chi connectivity index (χ0v) is 12.7. The molecule has 0 aromatic carbocycles. The number of hydrogen-bond acceptors (Lipinski definition) is 1. The van der Waals surface area contributed by atoms with E-state index in [0.29, 0.717) is 22.6 Å². The minimum atomic E-state index is -0.412. The monoisotopic (exact) mass is 396 g/mol. The van der Waals surface area contributed by atoms with Gasteiger partial charge in [0.05, 0.1) is 8.83 Å². The zero-order chi connectivity index (χ0) is 10.3. The van der Waals surface area contributed by atoms with Crippen molar-refractivity contribution >= 4 is 47.8 Å². The second-order valence-corrected chi connectivity index (χ2v) is 10.9. The molecule has 0 saturated heterocycles. The lowest BCUT2D eigenvalue weighted by Crippen LogP contribution is -2.46. The largest absolute Gasteiger partial charge is 0.388 e. The van der Waals surface area contributed by atoms with Crippen LogP contribution in [0.5, 0.6) is 0 Å². The fraction of sp³-hybridized carbons (Fsp3) is 1.00. The Hall–Kier alpha value is 1.40. The smallest absolute Gasteiger partial charge is 0.0898 e. The van der Waals surface area contributed by atoms with Crippen molar-refractivity contribution in [2.24, 2.45) is 41.4 Å². The van der Waals surface area contributed by atoms with Crippen LogP contribution in [0.3, 0.4) is 0 Å². The predicted molar refractivity (Wildman–Crippen MR) is 67.3 cm³/mol. The summed E-state index contributed by atoms with van der Waals surface area (Å²) in [6.07, 6.45) is 1.38. The first-order valence-corrected chi connectivity index (χ1v) is 8.25. The van der Waals surface area contributed by atoms with Gasteiger partial charge in [-0.15, -0.1) is 0 Å². The van der Waals surface area contributed by atoms with Gasteiger partial charge in [-0.25, -0.2) is 0 Å². The van der Waals surface area contributed by atoms with Crippen LogP contribution in [0.2, 0.25) is 0 Å². The van der Waals surface area contributed by atoms with Crippen molar-refractivity contribution in [1.82, 2.24) is 0 Å². The highest BCUT2D eigenvalue weighted by Crippen LogP contribution is 2.89. The van der Waals surface area contributed by atoms with Crippen molar-refractivity contribution in [2.45, 2.75) is 20.1 Å². The maximum absolute atomic E-state index is 11.0. The molecule has 1 N–H and O–H groups in total. The molecule has 0 radical (unpaired) electrons. The van der Waals surface area contributed by atoms with E-state index < -0.39 is 5.60 Å². The number of aliphatic hydroxyl groups is 1. The molecule has 6 rings (SSSR count). The Kier molecular flexibility index (Phi) is 1.35. The molecule has 1 nitrogen and oxygen atoms in total. The highest BCUT2D eigenvalue weighted by molar-refractivity contribution is 9.25. The second-order valence-electron chi connectivity index (χ2n) is 6.21. The first kappa shape index (κ1) is 9.35. The van der Waals surface area contributed by atoms with Gasteiger partial charge in [-0.05, 0) is 41.9 Å². The molecular formula is C11H11Br3O. The summed E-state index contributed by atoms with van der Waals surface area (Å²) in [5.41, 5.74) is -0.412. The normalized spacial score (nSPS) is 79.2. The van der Waals surface area contributed by atoms with Crippen LogP contribution >= 0.6 is 47.8 Å². The molecule has 9 atom stereocenters. The molecule has 4 heteroatoms. The second kappa shape index (κ2) is 2.17. The summed E-state index contributed by atoms with van der Waals surface area (Å²) in [7, 11) is 0. The first-order valence-electron chi connectivity index (χ1n) is 5.75. The zero-order valence-electron chi connectivity index (χ0n) is 7.91. The summed E-state index contributed by atoms with van der Waals surface area (Å²) < 4.78 is 0.0424. The number of alkyl halides is 3. The molecule has 0 spiro atoms. The van der Waals surface area contributed by atoms with Crippen molar-refractivity contribution in [2.75, 3.05) is 0 Å². The molecule has 0 amide bonds. The van der Waals surface area contributed by atoms with Gasteiger partial charge in [-0.3, -0.25) is 0 Å². The molecule has 0 unspecified atom stereocenters. The quantitative estimate of drug-likeness (QED) is 0.622. The highest BCUT2D eigenvalue weighted by atomic mass is 79.9. The summed E-state index contributed by atoms with van der Waals surface area (Å²) >= 11 is 11.6. The molecule has 0 aromatic heterocycles. The molecule has 6 bridgehead atoms. The standard InChI is InChI=1S/C11H11Br3O/c12-9-5-3-1-2-4(5)8-10(9,15)6(3)7(2)11(8,13)14/h2-9,15H,1H2/t2-,3+,4+,5-,6+,7+,8+,9+,10+/m0/s1. The Bertz CT molecular complexity index is 395. The topological polar surface area (TPSA) is 20.2 Å². The number of halogens is 3. The van der Waals surface area contributed by atoms with Gasteiger partial charge in [0.1, 0.15) is 0 Å². The molecule has 15 heavy (non-hydrogen) atoms. The van der Waals surface area contributed by atoms with Crippen LogP contribution in [0.4, 0.5) is 0 Å². The first-order chi connectivity index (χ1) is 7.00. The lowest BCUT2D eigenvalue weighted by Gasteiger charge is -2.38. The Balaban J connectivity index is 1.88. The van der Waals surface area contributed by atoms with Gasteiger partial charge in [0, 0.05) is 10.7 Å². The average molecular weight is 399 g/mol. The summed E-state index contributed by atoms with van der Waals surface area (Å²) in [5.74, 6) is 4.93. The molecule has 6 aliphatic carbocycles. The van der Waals surface area contributed by atoms with Crippen LogP contribution in [0.25, 0.3) is 0 Å². The van der Waals surface area contributed by atoms with E-state index in [1.807, 2.05) is 0 Å². The van der Waals surface area contributed by atoms with Crippen molar-refractivity contribution in [3.8, 4) is 0 Å². The summed E-state index contributed by atoms with van der Waals surface area (Å²) in [5, 5.41) is 11.0. The Morgan fingerprint density at radius 3 is 2.40 bits per heavy atom. The molecule has 6 aliphatic rings. The maximum atomic E-state index is 11.0. The van der Waals surface area contributed by atoms with Crippen LogP contribution < -0.4 is 0 Å². The Morgan fingerprint density at radius 1 is 1.07 bits per heavy atom. The maximum Gasteiger partial charge on any atom is 0.0898 e. The SMILES string of the molecule is O[C@@]12[C@@H]3[C@@H]4C[C@H]5[C@H]([C@H]4[C@H]1Br)[C@H]2C(Br)(Br)[C@H]53. The van der Waals surface area contributed by atoms with E-state index in [0.717, 1.165) is 23.7 Å². The lowest BCUT2D eigenvalue weighted by molar-refractivity contribution is -0.0514. The van der Waals surface area contributed by atoms with Gasteiger partial charge in [-0.1, -0.05) is 47.8 Å². The van der Waals surface area contributed by atoms with Crippen LogP contribution in [-0.4, -0.2) is 18.8 Å². The molecule has 6 fully saturated rings. The van der Waals surface area contributed by atoms with E-state index in [4.69, 9.17) is 0 Å². The van der Waals surface area contributed by atoms with Gasteiger partial charge in [-0.2, -0.15) is 0 Å². The molecule has 6 saturated carbocycles. The van der Waals surface area contributed by atoms with Crippen molar-refractivity contribution in [1.29, 1.82) is 0 Å². The van der Waals surface area contributed by atoms with Crippen molar-refractivity contribution in [3.63, 3.8) is 0 Å². The lowest BCUT2D eigenvalue weighted by atomic mass is 9.69. The van der Waals surface area contributed by atoms with E-state index >= 15 is 0 Å². The van der Waals surface area contributed by atoms with Gasteiger partial charge in [0.2, 0.25) is 0 Å². The predicted octanol–water partition coefficient (Wildman–Crippen LogP) is 2.74. The van der Waals surface area contributed by atoms with Gasteiger partial charge in [0.25, 0.3) is 0 Å². The van der Waals surface area contributed by atoms with Crippen LogP contribution in [-0.2, 0) is 0 Å². The third-order valence-corrected chi connectivity index (χ3v) is 9.73. The van der Waals surface area contributed by atoms with Gasteiger partial charge in [0.15, 0.2) is 0 Å². The average Bonchev–Trinajstić information content (AvgIpc) is 2.81. The Labute approximate surface area is 114 Å². The van der Waals surface area contributed by atoms with Crippen LogP contribution in [0.1, 0.15) is 6.42 Å². The van der Waals surface area contributed by atoms with E-state index in [2.05, 4.69) is 47.8 Å². The van der Waals surface area contributed by atoms with Crippen LogP contribution in [0, 0.1) is 41.4 Å². The van der Waals surface area contributed by atoms with E-state index in [-0.39, 0.29) is 3.23 Å².